The van der Waals surface area contributed by atoms with E-state index >= 15 is 0 Å². The van der Waals surface area contributed by atoms with Crippen molar-refractivity contribution in [2.45, 2.75) is 52.1 Å². The van der Waals surface area contributed by atoms with Crippen molar-refractivity contribution in [1.29, 1.82) is 0 Å². The van der Waals surface area contributed by atoms with Gasteiger partial charge in [0.25, 0.3) is 0 Å². The summed E-state index contributed by atoms with van der Waals surface area (Å²) in [6.07, 6.45) is 5.31. The Morgan fingerprint density at radius 1 is 0.968 bits per heavy atom. The van der Waals surface area contributed by atoms with Crippen molar-refractivity contribution in [2.75, 3.05) is 48.0 Å². The smallest absolute Gasteiger partial charge is 0.203 e. The van der Waals surface area contributed by atoms with Gasteiger partial charge in [0.05, 0.1) is 21.3 Å². The predicted molar refractivity (Wildman–Crippen MR) is 138 cm³/mol. The van der Waals surface area contributed by atoms with Crippen LogP contribution in [0.1, 0.15) is 45.1 Å². The Kier molecular flexibility index (Phi) is 13.0. The molecule has 31 heavy (non-hydrogen) atoms. The molecule has 0 bridgehead atoms. The Balaban J connectivity index is 0.00000480. The molecule has 2 N–H and O–H groups in total. The molecule has 0 amide bonds. The molecule has 0 spiro atoms. The summed E-state index contributed by atoms with van der Waals surface area (Å²) in [6, 6.07) is 4.37. The van der Waals surface area contributed by atoms with Crippen molar-refractivity contribution in [1.82, 2.24) is 15.5 Å². The zero-order valence-corrected chi connectivity index (χ0v) is 22.3. The van der Waals surface area contributed by atoms with Crippen molar-refractivity contribution < 1.29 is 14.2 Å². The topological polar surface area (TPSA) is 67.4 Å². The van der Waals surface area contributed by atoms with Crippen LogP contribution in [0.2, 0.25) is 0 Å². The quantitative estimate of drug-likeness (QED) is 0.277. The van der Waals surface area contributed by atoms with E-state index in [2.05, 4.69) is 34.4 Å². The van der Waals surface area contributed by atoms with Crippen LogP contribution in [-0.2, 0) is 6.54 Å². The van der Waals surface area contributed by atoms with Gasteiger partial charge >= 0.3 is 0 Å². The minimum atomic E-state index is 0. The highest BCUT2D eigenvalue weighted by Crippen LogP contribution is 2.39. The molecule has 7 nitrogen and oxygen atoms in total. The second kappa shape index (κ2) is 14.6. The number of likely N-dealkylation sites (tertiary alicyclic amines) is 1. The summed E-state index contributed by atoms with van der Waals surface area (Å²) in [4.78, 5) is 7.06. The molecule has 1 aliphatic rings. The normalized spacial score (nSPS) is 16.2. The summed E-state index contributed by atoms with van der Waals surface area (Å²) >= 11 is 0. The number of rotatable bonds is 9. The molecule has 0 aliphatic carbocycles. The molecule has 1 unspecified atom stereocenters. The maximum Gasteiger partial charge on any atom is 0.203 e. The molecule has 1 aromatic carbocycles. The number of ether oxygens (including phenoxy) is 3. The van der Waals surface area contributed by atoms with Gasteiger partial charge in [-0.2, -0.15) is 0 Å². The van der Waals surface area contributed by atoms with Gasteiger partial charge in [-0.3, -0.25) is 9.89 Å². The maximum absolute atomic E-state index is 5.58. The number of methoxy groups -OCH3 is 3. The highest BCUT2D eigenvalue weighted by atomic mass is 127. The third kappa shape index (κ3) is 7.89. The number of hydrogen-bond acceptors (Lipinski definition) is 5. The zero-order valence-electron chi connectivity index (χ0n) is 20.0. The largest absolute Gasteiger partial charge is 0.493 e. The number of aliphatic imine (C=N–C) groups is 1. The molecule has 1 aliphatic heterocycles. The van der Waals surface area contributed by atoms with E-state index in [0.29, 0.717) is 35.8 Å². The Morgan fingerprint density at radius 2 is 1.61 bits per heavy atom. The van der Waals surface area contributed by atoms with Crippen LogP contribution < -0.4 is 24.8 Å². The highest BCUT2D eigenvalue weighted by molar-refractivity contribution is 14.0. The first-order chi connectivity index (χ1) is 14.5. The van der Waals surface area contributed by atoms with E-state index in [1.807, 2.05) is 12.1 Å². The Morgan fingerprint density at radius 3 is 2.13 bits per heavy atom. The van der Waals surface area contributed by atoms with Gasteiger partial charge < -0.3 is 24.8 Å². The molecular weight excluding hydrogens is 507 g/mol. The lowest BCUT2D eigenvalue weighted by Gasteiger charge is -2.34. The van der Waals surface area contributed by atoms with Gasteiger partial charge in [-0.15, -0.1) is 24.0 Å². The van der Waals surface area contributed by atoms with Crippen molar-refractivity contribution >= 4 is 29.9 Å². The van der Waals surface area contributed by atoms with Crippen LogP contribution in [0, 0.1) is 5.92 Å². The fourth-order valence-corrected chi connectivity index (χ4v) is 4.12. The first-order valence-corrected chi connectivity index (χ1v) is 11.0. The van der Waals surface area contributed by atoms with Crippen LogP contribution in [0.5, 0.6) is 17.2 Å². The van der Waals surface area contributed by atoms with E-state index in [4.69, 9.17) is 14.2 Å². The van der Waals surface area contributed by atoms with Crippen molar-refractivity contribution in [3.63, 3.8) is 0 Å². The SMILES string of the molecule is CN=C(NCc1ccc(OC)c(OC)c1OC)NCC(C(C)C)N1CCCCCC1.I. The maximum atomic E-state index is 5.58. The van der Waals surface area contributed by atoms with Crippen LogP contribution in [0.4, 0.5) is 0 Å². The average Bonchev–Trinajstić information content (AvgIpc) is 3.04. The first kappa shape index (κ1) is 27.6. The molecular formula is C23H41IN4O3. The molecule has 0 saturated carbocycles. The lowest BCUT2D eigenvalue weighted by atomic mass is 10.0. The van der Waals surface area contributed by atoms with Crippen molar-refractivity contribution in [3.05, 3.63) is 17.7 Å². The minimum Gasteiger partial charge on any atom is -0.493 e. The molecule has 2 rings (SSSR count). The Hall–Kier alpha value is -1.42. The van der Waals surface area contributed by atoms with E-state index in [9.17, 15) is 0 Å². The summed E-state index contributed by atoms with van der Waals surface area (Å²) in [5.74, 6) is 3.29. The second-order valence-electron chi connectivity index (χ2n) is 8.06. The molecule has 178 valence electrons. The molecule has 1 heterocycles. The Bertz CT molecular complexity index is 677. The van der Waals surface area contributed by atoms with Crippen LogP contribution in [0.3, 0.4) is 0 Å². The number of guanidine groups is 1. The number of nitrogens with zero attached hydrogens (tertiary/aromatic N) is 2. The summed E-state index contributed by atoms with van der Waals surface area (Å²) in [5, 5.41) is 6.93. The fourth-order valence-electron chi connectivity index (χ4n) is 4.12. The number of benzene rings is 1. The van der Waals surface area contributed by atoms with E-state index in [1.165, 1.54) is 38.8 Å². The lowest BCUT2D eigenvalue weighted by Crippen LogP contribution is -2.49. The minimum absolute atomic E-state index is 0. The van der Waals surface area contributed by atoms with Crippen molar-refractivity contribution in [3.8, 4) is 17.2 Å². The Labute approximate surface area is 205 Å². The van der Waals surface area contributed by atoms with E-state index in [1.54, 1.807) is 28.4 Å². The molecule has 1 fully saturated rings. The number of nitrogens with one attached hydrogen (secondary N) is 2. The summed E-state index contributed by atoms with van der Waals surface area (Å²) < 4.78 is 16.4. The van der Waals surface area contributed by atoms with Crippen LogP contribution in [0.25, 0.3) is 0 Å². The highest BCUT2D eigenvalue weighted by Gasteiger charge is 2.23. The summed E-state index contributed by atoms with van der Waals surface area (Å²) in [5.41, 5.74) is 0.978. The lowest BCUT2D eigenvalue weighted by molar-refractivity contribution is 0.161. The molecule has 1 saturated heterocycles. The van der Waals surface area contributed by atoms with Crippen LogP contribution in [0.15, 0.2) is 17.1 Å². The van der Waals surface area contributed by atoms with Gasteiger partial charge in [0.15, 0.2) is 17.5 Å². The third-order valence-corrected chi connectivity index (χ3v) is 5.81. The predicted octanol–water partition coefficient (Wildman–Crippen LogP) is 3.90. The fraction of sp³-hybridized carbons (Fsp3) is 0.696. The molecule has 8 heteroatoms. The number of hydrogen-bond donors (Lipinski definition) is 2. The molecule has 1 aromatic rings. The number of halogens is 1. The monoisotopic (exact) mass is 548 g/mol. The van der Waals surface area contributed by atoms with Gasteiger partial charge in [0, 0.05) is 31.7 Å². The van der Waals surface area contributed by atoms with E-state index in [-0.39, 0.29) is 24.0 Å². The van der Waals surface area contributed by atoms with Crippen LogP contribution >= 0.6 is 24.0 Å². The van der Waals surface area contributed by atoms with Gasteiger partial charge in [-0.05, 0) is 44.0 Å². The van der Waals surface area contributed by atoms with Crippen LogP contribution in [-0.4, -0.2) is 64.9 Å². The molecule has 0 radical (unpaired) electrons. The van der Waals surface area contributed by atoms with Gasteiger partial charge in [0.2, 0.25) is 5.75 Å². The summed E-state index contributed by atoms with van der Waals surface area (Å²) in [6.45, 7) is 8.45. The van der Waals surface area contributed by atoms with Crippen molar-refractivity contribution in [2.24, 2.45) is 10.9 Å². The first-order valence-electron chi connectivity index (χ1n) is 11.0. The van der Waals surface area contributed by atoms with Gasteiger partial charge in [-0.25, -0.2) is 0 Å². The standard InChI is InChI=1S/C23H40N4O3.HI/c1-17(2)19(27-13-9-7-8-10-14-27)16-26-23(24-3)25-15-18-11-12-20(28-4)22(30-6)21(18)29-5;/h11-12,17,19H,7-10,13-16H2,1-6H3,(H2,24,25,26);1H. The molecule has 1 atom stereocenters. The third-order valence-electron chi connectivity index (χ3n) is 5.81. The van der Waals surface area contributed by atoms with E-state index in [0.717, 1.165) is 18.1 Å². The van der Waals surface area contributed by atoms with Gasteiger partial charge in [0.1, 0.15) is 0 Å². The summed E-state index contributed by atoms with van der Waals surface area (Å²) in [7, 11) is 6.68. The second-order valence-corrected chi connectivity index (χ2v) is 8.06. The molecule has 0 aromatic heterocycles. The average molecular weight is 549 g/mol. The zero-order chi connectivity index (χ0) is 21.9. The van der Waals surface area contributed by atoms with Gasteiger partial charge in [-0.1, -0.05) is 26.7 Å². The van der Waals surface area contributed by atoms with E-state index < -0.39 is 0 Å².